The summed E-state index contributed by atoms with van der Waals surface area (Å²) in [5, 5.41) is 6.94. The van der Waals surface area contributed by atoms with Crippen LogP contribution in [0.4, 0.5) is 0 Å². The van der Waals surface area contributed by atoms with E-state index >= 15 is 0 Å². The van der Waals surface area contributed by atoms with Crippen LogP contribution in [-0.4, -0.2) is 27.2 Å². The minimum absolute atomic E-state index is 0.429. The highest BCUT2D eigenvalue weighted by molar-refractivity contribution is 5.40. The first-order chi connectivity index (χ1) is 9.17. The van der Waals surface area contributed by atoms with Gasteiger partial charge in [-0.15, -0.1) is 0 Å². The number of nitrogens with one attached hydrogen (secondary N) is 2. The maximum atomic E-state index is 5.47. The van der Waals surface area contributed by atoms with Crippen LogP contribution < -0.4 is 15.4 Å². The lowest BCUT2D eigenvalue weighted by Crippen LogP contribution is -2.27. The van der Waals surface area contributed by atoms with Gasteiger partial charge in [0, 0.05) is 6.04 Å². The van der Waals surface area contributed by atoms with Crippen molar-refractivity contribution in [1.82, 2.24) is 10.6 Å². The second kappa shape index (κ2) is 6.40. The highest BCUT2D eigenvalue weighted by atomic mass is 16.5. The molecule has 0 aliphatic carbocycles. The maximum absolute atomic E-state index is 5.47. The molecule has 1 heterocycles. The molecular formula is C16H26N2O. The Morgan fingerprint density at radius 2 is 2.16 bits per heavy atom. The molecule has 0 bridgehead atoms. The fourth-order valence-corrected chi connectivity index (χ4v) is 3.03. The Morgan fingerprint density at radius 3 is 2.68 bits per heavy atom. The highest BCUT2D eigenvalue weighted by Crippen LogP contribution is 2.33. The van der Waals surface area contributed by atoms with E-state index in [1.165, 1.54) is 17.5 Å². The summed E-state index contributed by atoms with van der Waals surface area (Å²) in [5.74, 6) is 2.16. The van der Waals surface area contributed by atoms with Crippen LogP contribution in [0.5, 0.6) is 5.75 Å². The average Bonchev–Trinajstić information content (AvgIpc) is 2.93. The molecule has 1 aromatic carbocycles. The SMILES string of the molecule is CNC(c1ccc(OC)c(C(C)C)c1)C1CCNC1. The Morgan fingerprint density at radius 1 is 1.37 bits per heavy atom. The molecule has 2 unspecified atom stereocenters. The Balaban J connectivity index is 2.29. The fraction of sp³-hybridized carbons (Fsp3) is 0.625. The van der Waals surface area contributed by atoms with Gasteiger partial charge in [0.15, 0.2) is 0 Å². The molecule has 2 atom stereocenters. The molecule has 3 heteroatoms. The first-order valence-corrected chi connectivity index (χ1v) is 7.23. The third-order valence-electron chi connectivity index (χ3n) is 4.12. The number of hydrogen-bond donors (Lipinski definition) is 2. The van der Waals surface area contributed by atoms with Crippen molar-refractivity contribution >= 4 is 0 Å². The van der Waals surface area contributed by atoms with Crippen molar-refractivity contribution in [2.75, 3.05) is 27.2 Å². The van der Waals surface area contributed by atoms with Gasteiger partial charge in [0.05, 0.1) is 7.11 Å². The minimum atomic E-state index is 0.429. The molecule has 0 saturated carbocycles. The van der Waals surface area contributed by atoms with Crippen molar-refractivity contribution in [3.63, 3.8) is 0 Å². The van der Waals surface area contributed by atoms with E-state index < -0.39 is 0 Å². The molecule has 1 aliphatic rings. The van der Waals surface area contributed by atoms with Crippen LogP contribution >= 0.6 is 0 Å². The van der Waals surface area contributed by atoms with E-state index in [-0.39, 0.29) is 0 Å². The van der Waals surface area contributed by atoms with E-state index in [4.69, 9.17) is 4.74 Å². The van der Waals surface area contributed by atoms with Gasteiger partial charge in [-0.25, -0.2) is 0 Å². The Kier molecular flexibility index (Phi) is 4.83. The summed E-state index contributed by atoms with van der Waals surface area (Å²) in [6.07, 6.45) is 1.24. The van der Waals surface area contributed by atoms with Gasteiger partial charge in [0.2, 0.25) is 0 Å². The third-order valence-corrected chi connectivity index (χ3v) is 4.12. The molecule has 19 heavy (non-hydrogen) atoms. The molecule has 1 aliphatic heterocycles. The van der Waals surface area contributed by atoms with Gasteiger partial charge in [-0.3, -0.25) is 0 Å². The van der Waals surface area contributed by atoms with E-state index in [2.05, 4.69) is 49.7 Å². The zero-order valence-electron chi connectivity index (χ0n) is 12.5. The van der Waals surface area contributed by atoms with Crippen LogP contribution in [0.15, 0.2) is 18.2 Å². The second-order valence-corrected chi connectivity index (χ2v) is 5.68. The van der Waals surface area contributed by atoms with Crippen molar-refractivity contribution in [2.24, 2.45) is 5.92 Å². The molecule has 0 spiro atoms. The predicted molar refractivity (Wildman–Crippen MR) is 79.9 cm³/mol. The zero-order chi connectivity index (χ0) is 13.8. The lowest BCUT2D eigenvalue weighted by Gasteiger charge is -2.24. The number of benzene rings is 1. The first kappa shape index (κ1) is 14.4. The molecule has 106 valence electrons. The zero-order valence-corrected chi connectivity index (χ0v) is 12.5. The van der Waals surface area contributed by atoms with E-state index in [0.717, 1.165) is 18.8 Å². The van der Waals surface area contributed by atoms with Crippen LogP contribution in [0, 0.1) is 5.92 Å². The maximum Gasteiger partial charge on any atom is 0.122 e. The fourth-order valence-electron chi connectivity index (χ4n) is 3.03. The van der Waals surface area contributed by atoms with Crippen LogP contribution in [0.3, 0.4) is 0 Å². The number of ether oxygens (including phenoxy) is 1. The van der Waals surface area contributed by atoms with Crippen LogP contribution in [0.25, 0.3) is 0 Å². The summed E-state index contributed by atoms with van der Waals surface area (Å²) in [4.78, 5) is 0. The predicted octanol–water partition coefficient (Wildman–Crippen LogP) is 2.69. The average molecular weight is 262 g/mol. The number of hydrogen-bond acceptors (Lipinski definition) is 3. The lowest BCUT2D eigenvalue weighted by atomic mass is 9.89. The van der Waals surface area contributed by atoms with E-state index in [1.807, 2.05) is 0 Å². The smallest absolute Gasteiger partial charge is 0.122 e. The Hall–Kier alpha value is -1.06. The van der Waals surface area contributed by atoms with Crippen molar-refractivity contribution in [3.05, 3.63) is 29.3 Å². The quantitative estimate of drug-likeness (QED) is 0.856. The van der Waals surface area contributed by atoms with Crippen molar-refractivity contribution in [2.45, 2.75) is 32.2 Å². The molecule has 3 nitrogen and oxygen atoms in total. The summed E-state index contributed by atoms with van der Waals surface area (Å²) >= 11 is 0. The van der Waals surface area contributed by atoms with Crippen molar-refractivity contribution in [3.8, 4) is 5.75 Å². The van der Waals surface area contributed by atoms with Gasteiger partial charge >= 0.3 is 0 Å². The van der Waals surface area contributed by atoms with Crippen LogP contribution in [0.1, 0.15) is 43.4 Å². The van der Waals surface area contributed by atoms with Gasteiger partial charge in [0.25, 0.3) is 0 Å². The van der Waals surface area contributed by atoms with Gasteiger partial charge < -0.3 is 15.4 Å². The highest BCUT2D eigenvalue weighted by Gasteiger charge is 2.25. The summed E-state index contributed by atoms with van der Waals surface area (Å²) < 4.78 is 5.47. The van der Waals surface area contributed by atoms with Crippen LogP contribution in [-0.2, 0) is 0 Å². The standard InChI is InChI=1S/C16H26N2O/c1-11(2)14-9-12(5-6-15(14)19-4)16(17-3)13-7-8-18-10-13/h5-6,9,11,13,16-18H,7-8,10H2,1-4H3. The van der Waals surface area contributed by atoms with E-state index in [1.54, 1.807) is 7.11 Å². The normalized spacial score (nSPS) is 20.8. The lowest BCUT2D eigenvalue weighted by molar-refractivity contribution is 0.399. The topological polar surface area (TPSA) is 33.3 Å². The molecule has 0 radical (unpaired) electrons. The monoisotopic (exact) mass is 262 g/mol. The van der Waals surface area contributed by atoms with Gasteiger partial charge in [-0.2, -0.15) is 0 Å². The minimum Gasteiger partial charge on any atom is -0.496 e. The van der Waals surface area contributed by atoms with Gasteiger partial charge in [-0.05, 0) is 55.6 Å². The summed E-state index contributed by atoms with van der Waals surface area (Å²) in [5.41, 5.74) is 2.67. The molecule has 1 saturated heterocycles. The summed E-state index contributed by atoms with van der Waals surface area (Å²) in [6.45, 7) is 6.67. The number of rotatable bonds is 5. The Labute approximate surface area is 116 Å². The molecule has 1 aromatic rings. The molecular weight excluding hydrogens is 236 g/mol. The number of methoxy groups -OCH3 is 1. The Bertz CT molecular complexity index is 411. The second-order valence-electron chi connectivity index (χ2n) is 5.68. The van der Waals surface area contributed by atoms with Crippen LogP contribution in [0.2, 0.25) is 0 Å². The molecule has 0 aromatic heterocycles. The molecule has 2 N–H and O–H groups in total. The van der Waals surface area contributed by atoms with Crippen molar-refractivity contribution < 1.29 is 4.74 Å². The van der Waals surface area contributed by atoms with Gasteiger partial charge in [-0.1, -0.05) is 26.0 Å². The summed E-state index contributed by atoms with van der Waals surface area (Å²) in [6, 6.07) is 7.04. The van der Waals surface area contributed by atoms with E-state index in [0.29, 0.717) is 17.9 Å². The molecule has 1 fully saturated rings. The van der Waals surface area contributed by atoms with Crippen molar-refractivity contribution in [1.29, 1.82) is 0 Å². The molecule has 0 amide bonds. The largest absolute Gasteiger partial charge is 0.496 e. The first-order valence-electron chi connectivity index (χ1n) is 7.23. The molecule has 2 rings (SSSR count). The summed E-state index contributed by atoms with van der Waals surface area (Å²) in [7, 11) is 3.81. The van der Waals surface area contributed by atoms with E-state index in [9.17, 15) is 0 Å². The third kappa shape index (κ3) is 3.10. The van der Waals surface area contributed by atoms with Gasteiger partial charge in [0.1, 0.15) is 5.75 Å².